The maximum absolute atomic E-state index is 13.8. The SMILES string of the molecule is CC(C)c1csc(NS(=O)(=O)c2cc(CN)ccc2F)n1. The standard InChI is InChI=1S/C13H16FN3O2S2/c1-8(2)11-7-20-13(16-11)17-21(18,19)12-5-9(6-15)3-4-10(12)14/h3-5,7-8H,6,15H2,1-2H3,(H,16,17). The molecule has 21 heavy (non-hydrogen) atoms. The van der Waals surface area contributed by atoms with Crippen molar-refractivity contribution in [3.63, 3.8) is 0 Å². The lowest BCUT2D eigenvalue weighted by Crippen LogP contribution is -2.15. The van der Waals surface area contributed by atoms with Gasteiger partial charge in [0, 0.05) is 11.9 Å². The van der Waals surface area contributed by atoms with E-state index in [2.05, 4.69) is 9.71 Å². The highest BCUT2D eigenvalue weighted by atomic mass is 32.2. The van der Waals surface area contributed by atoms with Crippen LogP contribution in [0.4, 0.5) is 9.52 Å². The zero-order valence-electron chi connectivity index (χ0n) is 11.6. The van der Waals surface area contributed by atoms with Gasteiger partial charge in [0.2, 0.25) is 0 Å². The van der Waals surface area contributed by atoms with Crippen LogP contribution in [0.15, 0.2) is 28.5 Å². The van der Waals surface area contributed by atoms with E-state index in [1.807, 2.05) is 13.8 Å². The van der Waals surface area contributed by atoms with Gasteiger partial charge in [0.25, 0.3) is 10.0 Å². The third-order valence-corrected chi connectivity index (χ3v) is 5.12. The summed E-state index contributed by atoms with van der Waals surface area (Å²) >= 11 is 1.17. The van der Waals surface area contributed by atoms with E-state index in [-0.39, 0.29) is 17.6 Å². The smallest absolute Gasteiger partial charge is 0.266 e. The number of sulfonamides is 1. The summed E-state index contributed by atoms with van der Waals surface area (Å²) in [4.78, 5) is 3.75. The first-order valence-electron chi connectivity index (χ1n) is 6.30. The van der Waals surface area contributed by atoms with Crippen LogP contribution in [0.1, 0.15) is 31.0 Å². The molecule has 1 aromatic carbocycles. The van der Waals surface area contributed by atoms with Gasteiger partial charge >= 0.3 is 0 Å². The fraction of sp³-hybridized carbons (Fsp3) is 0.308. The first-order valence-corrected chi connectivity index (χ1v) is 8.66. The molecule has 2 rings (SSSR count). The number of hydrogen-bond donors (Lipinski definition) is 2. The van der Waals surface area contributed by atoms with Crippen molar-refractivity contribution in [1.82, 2.24) is 4.98 Å². The molecule has 8 heteroatoms. The van der Waals surface area contributed by atoms with Gasteiger partial charge in [-0.05, 0) is 23.6 Å². The molecule has 0 fully saturated rings. The van der Waals surface area contributed by atoms with Crippen molar-refractivity contribution in [2.24, 2.45) is 5.73 Å². The number of thiazole rings is 1. The van der Waals surface area contributed by atoms with E-state index in [0.29, 0.717) is 5.56 Å². The predicted octanol–water partition coefficient (Wildman–Crippen LogP) is 2.67. The fourth-order valence-electron chi connectivity index (χ4n) is 1.65. The molecule has 1 heterocycles. The van der Waals surface area contributed by atoms with Crippen molar-refractivity contribution in [1.29, 1.82) is 0 Å². The van der Waals surface area contributed by atoms with E-state index < -0.39 is 20.7 Å². The summed E-state index contributed by atoms with van der Waals surface area (Å²) in [5, 5.41) is 1.99. The Labute approximate surface area is 127 Å². The van der Waals surface area contributed by atoms with Gasteiger partial charge in [-0.15, -0.1) is 11.3 Å². The Morgan fingerprint density at radius 3 is 2.71 bits per heavy atom. The molecule has 0 amide bonds. The summed E-state index contributed by atoms with van der Waals surface area (Å²) in [5.41, 5.74) is 6.78. The van der Waals surface area contributed by atoms with Gasteiger partial charge in [-0.25, -0.2) is 17.8 Å². The van der Waals surface area contributed by atoms with Crippen molar-refractivity contribution in [3.8, 4) is 0 Å². The quantitative estimate of drug-likeness (QED) is 0.883. The van der Waals surface area contributed by atoms with Gasteiger partial charge in [-0.2, -0.15) is 0 Å². The molecule has 0 aliphatic heterocycles. The minimum Gasteiger partial charge on any atom is -0.326 e. The molecule has 0 bridgehead atoms. The van der Waals surface area contributed by atoms with Gasteiger partial charge in [0.15, 0.2) is 5.13 Å². The van der Waals surface area contributed by atoms with Crippen LogP contribution in [0.3, 0.4) is 0 Å². The average Bonchev–Trinajstić information content (AvgIpc) is 2.87. The summed E-state index contributed by atoms with van der Waals surface area (Å²) in [5.74, 6) is -0.628. The number of nitrogens with two attached hydrogens (primary N) is 1. The Morgan fingerprint density at radius 2 is 2.14 bits per heavy atom. The number of benzene rings is 1. The molecular weight excluding hydrogens is 313 g/mol. The van der Waals surface area contributed by atoms with Crippen LogP contribution in [0, 0.1) is 5.82 Å². The molecule has 0 saturated heterocycles. The second-order valence-electron chi connectivity index (χ2n) is 4.81. The van der Waals surface area contributed by atoms with Crippen molar-refractivity contribution >= 4 is 26.5 Å². The Morgan fingerprint density at radius 1 is 1.43 bits per heavy atom. The third-order valence-electron chi connectivity index (χ3n) is 2.86. The molecule has 0 aliphatic rings. The van der Waals surface area contributed by atoms with E-state index in [1.54, 1.807) is 5.38 Å². The van der Waals surface area contributed by atoms with E-state index >= 15 is 0 Å². The van der Waals surface area contributed by atoms with Crippen LogP contribution in [0.5, 0.6) is 0 Å². The number of anilines is 1. The maximum Gasteiger partial charge on any atom is 0.266 e. The van der Waals surface area contributed by atoms with E-state index in [1.165, 1.54) is 23.5 Å². The zero-order chi connectivity index (χ0) is 15.6. The molecular formula is C13H16FN3O2S2. The number of halogens is 1. The van der Waals surface area contributed by atoms with Crippen LogP contribution in [-0.2, 0) is 16.6 Å². The first-order chi connectivity index (χ1) is 9.83. The minimum atomic E-state index is -4.02. The Bertz CT molecular complexity index is 742. The first kappa shape index (κ1) is 15.9. The largest absolute Gasteiger partial charge is 0.326 e. The highest BCUT2D eigenvalue weighted by Gasteiger charge is 2.21. The molecule has 2 aromatic rings. The number of nitrogens with one attached hydrogen (secondary N) is 1. The molecule has 0 unspecified atom stereocenters. The van der Waals surface area contributed by atoms with Crippen LogP contribution < -0.4 is 10.5 Å². The maximum atomic E-state index is 13.8. The second-order valence-corrected chi connectivity index (χ2v) is 7.32. The highest BCUT2D eigenvalue weighted by molar-refractivity contribution is 7.93. The highest BCUT2D eigenvalue weighted by Crippen LogP contribution is 2.25. The van der Waals surface area contributed by atoms with Crippen LogP contribution >= 0.6 is 11.3 Å². The van der Waals surface area contributed by atoms with E-state index in [0.717, 1.165) is 11.8 Å². The molecule has 0 atom stereocenters. The monoisotopic (exact) mass is 329 g/mol. The van der Waals surface area contributed by atoms with Gasteiger partial charge in [-0.3, -0.25) is 4.72 Å². The fourth-order valence-corrected chi connectivity index (χ4v) is 3.90. The lowest BCUT2D eigenvalue weighted by atomic mass is 10.2. The summed E-state index contributed by atoms with van der Waals surface area (Å²) in [7, 11) is -4.02. The summed E-state index contributed by atoms with van der Waals surface area (Å²) in [6, 6.07) is 3.78. The van der Waals surface area contributed by atoms with Crippen molar-refractivity contribution in [3.05, 3.63) is 40.7 Å². The van der Waals surface area contributed by atoms with Gasteiger partial charge in [0.05, 0.1) is 5.69 Å². The molecule has 5 nitrogen and oxygen atoms in total. The summed E-state index contributed by atoms with van der Waals surface area (Å²) < 4.78 is 40.6. The third kappa shape index (κ3) is 3.58. The predicted molar refractivity (Wildman–Crippen MR) is 81.3 cm³/mol. The zero-order valence-corrected chi connectivity index (χ0v) is 13.3. The summed E-state index contributed by atoms with van der Waals surface area (Å²) in [6.07, 6.45) is 0. The second kappa shape index (κ2) is 6.08. The molecule has 0 spiro atoms. The lowest BCUT2D eigenvalue weighted by molar-refractivity contribution is 0.569. The van der Waals surface area contributed by atoms with Gasteiger partial charge < -0.3 is 5.73 Å². The molecule has 0 saturated carbocycles. The van der Waals surface area contributed by atoms with Crippen LogP contribution in [-0.4, -0.2) is 13.4 Å². The number of rotatable bonds is 5. The molecule has 0 aliphatic carbocycles. The van der Waals surface area contributed by atoms with Crippen LogP contribution in [0.25, 0.3) is 0 Å². The Kier molecular flexibility index (Phi) is 4.60. The average molecular weight is 329 g/mol. The Hall–Kier alpha value is -1.51. The lowest BCUT2D eigenvalue weighted by Gasteiger charge is -2.08. The number of hydrogen-bond acceptors (Lipinski definition) is 5. The molecule has 0 radical (unpaired) electrons. The van der Waals surface area contributed by atoms with Crippen molar-refractivity contribution in [2.75, 3.05) is 4.72 Å². The number of nitrogens with zero attached hydrogens (tertiary/aromatic N) is 1. The van der Waals surface area contributed by atoms with E-state index in [4.69, 9.17) is 5.73 Å². The number of aromatic nitrogens is 1. The summed E-state index contributed by atoms with van der Waals surface area (Å²) in [6.45, 7) is 4.05. The van der Waals surface area contributed by atoms with E-state index in [9.17, 15) is 12.8 Å². The van der Waals surface area contributed by atoms with Crippen LogP contribution in [0.2, 0.25) is 0 Å². The topological polar surface area (TPSA) is 85.1 Å². The molecule has 114 valence electrons. The van der Waals surface area contributed by atoms with Gasteiger partial charge in [0.1, 0.15) is 10.7 Å². The minimum absolute atomic E-state index is 0.136. The van der Waals surface area contributed by atoms with Crippen molar-refractivity contribution < 1.29 is 12.8 Å². The van der Waals surface area contributed by atoms with Crippen molar-refractivity contribution in [2.45, 2.75) is 31.2 Å². The molecule has 3 N–H and O–H groups in total. The Balaban J connectivity index is 2.33. The van der Waals surface area contributed by atoms with Gasteiger partial charge in [-0.1, -0.05) is 19.9 Å². The normalized spacial score (nSPS) is 11.9. The molecule has 1 aromatic heterocycles.